The van der Waals surface area contributed by atoms with Gasteiger partial charge in [-0.1, -0.05) is 47.6 Å². The topological polar surface area (TPSA) is 85.2 Å². The van der Waals surface area contributed by atoms with Crippen LogP contribution in [-0.2, 0) is 17.6 Å². The van der Waals surface area contributed by atoms with E-state index in [0.717, 1.165) is 39.2 Å². The second-order valence-electron chi connectivity index (χ2n) is 7.83. The Bertz CT molecular complexity index is 1200. The zero-order valence-electron chi connectivity index (χ0n) is 17.8. The number of aromatic nitrogens is 2. The Morgan fingerprint density at radius 3 is 2.58 bits per heavy atom. The summed E-state index contributed by atoms with van der Waals surface area (Å²) in [6.07, 6.45) is 1.64. The van der Waals surface area contributed by atoms with E-state index in [-0.39, 0.29) is 11.9 Å². The maximum absolute atomic E-state index is 11.9. The van der Waals surface area contributed by atoms with Crippen molar-refractivity contribution in [3.8, 4) is 11.3 Å². The number of fused-ring (bicyclic) bond motifs is 1. The highest BCUT2D eigenvalue weighted by Crippen LogP contribution is 2.33. The van der Waals surface area contributed by atoms with E-state index >= 15 is 0 Å². The van der Waals surface area contributed by atoms with Gasteiger partial charge in [0.25, 0.3) is 0 Å². The number of nitrogens with zero attached hydrogens (tertiary/aromatic N) is 3. The molecule has 0 fully saturated rings. The molecule has 0 aliphatic heterocycles. The molecule has 0 saturated carbocycles. The van der Waals surface area contributed by atoms with E-state index in [1.165, 1.54) is 0 Å². The third kappa shape index (κ3) is 4.64. The number of benzene rings is 2. The molecule has 0 spiro atoms. The standard InChI is InChI=1S/C25H26N4O2/c1-29(2)24(30)15-14-17-8-7-9-18(27-17)16-22(26)19-10-3-4-11-20(19)25-21-12-5-6-13-23(21)31-28-25/h3-13,22H,14-16,26H2,1-2H3. The summed E-state index contributed by atoms with van der Waals surface area (Å²) in [7, 11) is 3.53. The highest BCUT2D eigenvalue weighted by molar-refractivity contribution is 5.92. The van der Waals surface area contributed by atoms with Gasteiger partial charge >= 0.3 is 0 Å². The minimum atomic E-state index is -0.252. The van der Waals surface area contributed by atoms with Crippen LogP contribution >= 0.6 is 0 Å². The lowest BCUT2D eigenvalue weighted by atomic mass is 9.94. The molecule has 1 unspecified atom stereocenters. The number of hydrogen-bond acceptors (Lipinski definition) is 5. The summed E-state index contributed by atoms with van der Waals surface area (Å²) in [5.41, 5.74) is 11.9. The SMILES string of the molecule is CN(C)C(=O)CCc1cccc(CC(N)c2ccccc2-c2noc3ccccc23)n1. The molecule has 0 bridgehead atoms. The van der Waals surface area contributed by atoms with Gasteiger partial charge in [0.15, 0.2) is 5.58 Å². The molecule has 6 nitrogen and oxygen atoms in total. The maximum atomic E-state index is 11.9. The third-order valence-electron chi connectivity index (χ3n) is 5.38. The van der Waals surface area contributed by atoms with Gasteiger partial charge in [-0.05, 0) is 36.2 Å². The molecular weight excluding hydrogens is 388 g/mol. The Labute approximate surface area is 181 Å². The monoisotopic (exact) mass is 414 g/mol. The normalized spacial score (nSPS) is 12.1. The highest BCUT2D eigenvalue weighted by Gasteiger charge is 2.18. The summed E-state index contributed by atoms with van der Waals surface area (Å²) in [5.74, 6) is 0.0951. The van der Waals surface area contributed by atoms with E-state index in [0.29, 0.717) is 19.3 Å². The quantitative estimate of drug-likeness (QED) is 0.491. The van der Waals surface area contributed by atoms with Crippen molar-refractivity contribution >= 4 is 16.9 Å². The molecule has 6 heteroatoms. The minimum absolute atomic E-state index is 0.0951. The molecule has 158 valence electrons. The first-order valence-electron chi connectivity index (χ1n) is 10.4. The summed E-state index contributed by atoms with van der Waals surface area (Å²) in [5, 5.41) is 5.27. The Morgan fingerprint density at radius 2 is 1.74 bits per heavy atom. The number of hydrogen-bond donors (Lipinski definition) is 1. The van der Waals surface area contributed by atoms with Crippen molar-refractivity contribution in [3.63, 3.8) is 0 Å². The zero-order chi connectivity index (χ0) is 21.8. The van der Waals surface area contributed by atoms with Crippen molar-refractivity contribution in [1.29, 1.82) is 0 Å². The molecule has 4 rings (SSSR count). The fourth-order valence-corrected chi connectivity index (χ4v) is 3.69. The first-order valence-corrected chi connectivity index (χ1v) is 10.4. The fraction of sp³-hybridized carbons (Fsp3) is 0.240. The van der Waals surface area contributed by atoms with Crippen molar-refractivity contribution in [2.24, 2.45) is 5.73 Å². The lowest BCUT2D eigenvalue weighted by Crippen LogP contribution is -2.22. The largest absolute Gasteiger partial charge is 0.356 e. The average Bonchev–Trinajstić information content (AvgIpc) is 3.21. The van der Waals surface area contributed by atoms with Crippen LogP contribution in [0.15, 0.2) is 71.3 Å². The van der Waals surface area contributed by atoms with Gasteiger partial charge in [-0.25, -0.2) is 0 Å². The first-order chi connectivity index (χ1) is 15.0. The van der Waals surface area contributed by atoms with Gasteiger partial charge in [0.1, 0.15) is 5.69 Å². The van der Waals surface area contributed by atoms with Crippen molar-refractivity contribution in [2.75, 3.05) is 14.1 Å². The number of amides is 1. The molecular formula is C25H26N4O2. The minimum Gasteiger partial charge on any atom is -0.356 e. The van der Waals surface area contributed by atoms with Gasteiger partial charge in [0.05, 0.1) is 0 Å². The van der Waals surface area contributed by atoms with E-state index < -0.39 is 0 Å². The highest BCUT2D eigenvalue weighted by atomic mass is 16.5. The number of nitrogens with two attached hydrogens (primary N) is 1. The van der Waals surface area contributed by atoms with Gasteiger partial charge in [0.2, 0.25) is 5.91 Å². The fourth-order valence-electron chi connectivity index (χ4n) is 3.69. The van der Waals surface area contributed by atoms with Crippen molar-refractivity contribution in [2.45, 2.75) is 25.3 Å². The predicted molar refractivity (Wildman–Crippen MR) is 121 cm³/mol. The summed E-state index contributed by atoms with van der Waals surface area (Å²) >= 11 is 0. The number of rotatable bonds is 7. The summed E-state index contributed by atoms with van der Waals surface area (Å²) in [4.78, 5) is 18.2. The molecule has 0 saturated heterocycles. The van der Waals surface area contributed by atoms with Gasteiger partial charge in [-0.3, -0.25) is 9.78 Å². The molecule has 2 heterocycles. The van der Waals surface area contributed by atoms with E-state index in [9.17, 15) is 4.79 Å². The van der Waals surface area contributed by atoms with Crippen molar-refractivity contribution in [3.05, 3.63) is 83.7 Å². The van der Waals surface area contributed by atoms with Gasteiger partial charge in [-0.2, -0.15) is 0 Å². The second kappa shape index (κ2) is 9.10. The Morgan fingerprint density at radius 1 is 1.00 bits per heavy atom. The lowest BCUT2D eigenvalue weighted by molar-refractivity contribution is -0.128. The Kier molecular flexibility index (Phi) is 6.09. The average molecular weight is 415 g/mol. The molecule has 4 aromatic rings. The van der Waals surface area contributed by atoms with Gasteiger partial charge < -0.3 is 15.2 Å². The number of pyridine rings is 1. The van der Waals surface area contributed by atoms with E-state index in [1.807, 2.05) is 66.7 Å². The van der Waals surface area contributed by atoms with Crippen molar-refractivity contribution < 1.29 is 9.32 Å². The molecule has 1 amide bonds. The van der Waals surface area contributed by atoms with Crippen LogP contribution in [-0.4, -0.2) is 35.0 Å². The van der Waals surface area contributed by atoms with E-state index in [4.69, 9.17) is 15.2 Å². The van der Waals surface area contributed by atoms with Crippen LogP contribution in [0, 0.1) is 0 Å². The third-order valence-corrected chi connectivity index (χ3v) is 5.38. The molecule has 2 aromatic carbocycles. The van der Waals surface area contributed by atoms with Crippen LogP contribution in [0.5, 0.6) is 0 Å². The maximum Gasteiger partial charge on any atom is 0.222 e. The van der Waals surface area contributed by atoms with Gasteiger partial charge in [-0.15, -0.1) is 0 Å². The molecule has 1 atom stereocenters. The summed E-state index contributed by atoms with van der Waals surface area (Å²) in [6.45, 7) is 0. The molecule has 2 N–H and O–H groups in total. The van der Waals surface area contributed by atoms with Crippen molar-refractivity contribution in [1.82, 2.24) is 15.0 Å². The summed E-state index contributed by atoms with van der Waals surface area (Å²) in [6, 6.07) is 21.5. The molecule has 2 aromatic heterocycles. The number of para-hydroxylation sites is 1. The Hall–Kier alpha value is -3.51. The van der Waals surface area contributed by atoms with Crippen LogP contribution in [0.3, 0.4) is 0 Å². The number of aryl methyl sites for hydroxylation is 1. The van der Waals surface area contributed by atoms with Crippen LogP contribution in [0.1, 0.15) is 29.4 Å². The van der Waals surface area contributed by atoms with Crippen LogP contribution in [0.4, 0.5) is 0 Å². The number of carbonyl (C=O) groups excluding carboxylic acids is 1. The van der Waals surface area contributed by atoms with Crippen LogP contribution < -0.4 is 5.73 Å². The van der Waals surface area contributed by atoms with Crippen LogP contribution in [0.2, 0.25) is 0 Å². The second-order valence-corrected chi connectivity index (χ2v) is 7.83. The molecule has 0 aliphatic rings. The molecule has 0 radical (unpaired) electrons. The smallest absolute Gasteiger partial charge is 0.222 e. The summed E-state index contributed by atoms with van der Waals surface area (Å²) < 4.78 is 5.50. The van der Waals surface area contributed by atoms with E-state index in [1.54, 1.807) is 19.0 Å². The van der Waals surface area contributed by atoms with E-state index in [2.05, 4.69) is 5.16 Å². The predicted octanol–water partition coefficient (Wildman–Crippen LogP) is 4.15. The van der Waals surface area contributed by atoms with Gasteiger partial charge in [0, 0.05) is 55.3 Å². The Balaban J connectivity index is 1.56. The van der Waals surface area contributed by atoms with Crippen LogP contribution in [0.25, 0.3) is 22.2 Å². The first kappa shape index (κ1) is 20.8. The molecule has 31 heavy (non-hydrogen) atoms. The zero-order valence-corrected chi connectivity index (χ0v) is 17.8. The lowest BCUT2D eigenvalue weighted by Gasteiger charge is -2.16. The molecule has 0 aliphatic carbocycles. The number of carbonyl (C=O) groups is 1.